The van der Waals surface area contributed by atoms with Crippen LogP contribution in [0.5, 0.6) is 0 Å². The number of ether oxygens (including phenoxy) is 1. The molecule has 1 saturated carbocycles. The number of hydrogen-bond acceptors (Lipinski definition) is 6. The number of aliphatic hydroxyl groups excluding tert-OH is 1. The van der Waals surface area contributed by atoms with Gasteiger partial charge >= 0.3 is 5.97 Å². The maximum atomic E-state index is 12.8. The molecule has 2 aliphatic heterocycles. The third-order valence-electron chi connectivity index (χ3n) is 4.77. The summed E-state index contributed by atoms with van der Waals surface area (Å²) in [5.74, 6) is -3.43. The van der Waals surface area contributed by atoms with Crippen molar-refractivity contribution in [3.05, 3.63) is 0 Å². The monoisotopic (exact) mass is 493 g/mol. The van der Waals surface area contributed by atoms with Gasteiger partial charge in [-0.05, 0) is 32.1 Å². The zero-order valence-corrected chi connectivity index (χ0v) is 18.1. The van der Waals surface area contributed by atoms with Crippen molar-refractivity contribution in [1.82, 2.24) is 4.90 Å². The summed E-state index contributed by atoms with van der Waals surface area (Å²) in [5, 5.41) is 14.3. The molecule has 0 bridgehead atoms. The maximum Gasteiger partial charge on any atom is 0.339 e. The Kier molecular flexibility index (Phi) is 12.4. The Hall–Kier alpha value is 0.547. The molecule has 1 aliphatic carbocycles. The van der Waals surface area contributed by atoms with Crippen LogP contribution in [-0.2, 0) is 14.4 Å². The normalized spacial score (nSPS) is 26.1. The molecule has 0 aromatic carbocycles. The minimum absolute atomic E-state index is 0. The molecular weight excluding hydrogens is 464 g/mol. The van der Waals surface area contributed by atoms with Gasteiger partial charge in [0.25, 0.3) is 5.92 Å². The van der Waals surface area contributed by atoms with Crippen molar-refractivity contribution >= 4 is 5.97 Å². The van der Waals surface area contributed by atoms with Crippen molar-refractivity contribution < 1.29 is 75.3 Å². The number of piperidine rings is 1. The van der Waals surface area contributed by atoms with E-state index in [0.717, 1.165) is 46.6 Å². The van der Waals surface area contributed by atoms with Gasteiger partial charge in [-0.1, -0.05) is 0 Å². The molecule has 6 nitrogen and oxygen atoms in total. The molecule has 0 radical (unpaired) electrons. The molecule has 9 heteroatoms. The van der Waals surface area contributed by atoms with E-state index >= 15 is 0 Å². The van der Waals surface area contributed by atoms with E-state index in [9.17, 15) is 13.6 Å². The molecule has 0 aromatic heterocycles. The molecule has 2 heterocycles. The minimum Gasteiger partial charge on any atom is -0.400 e. The zero-order valence-electron chi connectivity index (χ0n) is 15.0. The molecular formula is C16H29CeF2NO5. The smallest absolute Gasteiger partial charge is 0.339 e. The van der Waals surface area contributed by atoms with Gasteiger partial charge in [-0.15, -0.1) is 0 Å². The third-order valence-corrected chi connectivity index (χ3v) is 4.77. The van der Waals surface area contributed by atoms with Crippen LogP contribution in [0.3, 0.4) is 0 Å². The number of carbonyl (C=O) groups excluding carboxylic acids is 1. The first-order valence-corrected chi connectivity index (χ1v) is 8.38. The van der Waals surface area contributed by atoms with E-state index in [4.69, 9.17) is 15.1 Å². The quantitative estimate of drug-likeness (QED) is 0.454. The largest absolute Gasteiger partial charge is 0.400 e. The fourth-order valence-electron chi connectivity index (χ4n) is 3.23. The van der Waals surface area contributed by atoms with Crippen molar-refractivity contribution in [2.75, 3.05) is 33.4 Å². The number of halogens is 2. The fourth-order valence-corrected chi connectivity index (χ4v) is 3.23. The number of aliphatic hydroxyl groups is 1. The van der Waals surface area contributed by atoms with Gasteiger partial charge in [0.15, 0.2) is 0 Å². The Labute approximate surface area is 181 Å². The van der Waals surface area contributed by atoms with E-state index in [1.54, 1.807) is 0 Å². The molecule has 3 rings (SSSR count). The summed E-state index contributed by atoms with van der Waals surface area (Å²) < 4.78 is 31.6. The first kappa shape index (κ1) is 25.5. The van der Waals surface area contributed by atoms with Gasteiger partial charge in [-0.25, -0.2) is 13.6 Å². The summed E-state index contributed by atoms with van der Waals surface area (Å²) in [5.41, 5.74) is 0.0980. The molecule has 2 saturated heterocycles. The van der Waals surface area contributed by atoms with Crippen LogP contribution < -0.4 is 0 Å². The third kappa shape index (κ3) is 8.85. The van der Waals surface area contributed by atoms with Crippen LogP contribution in [0.4, 0.5) is 8.78 Å². The number of alkyl halides is 2. The standard InChI is InChI=1S/C13H21F2NO.C2H4O3.CH4O.Ce/c14-13(15)9-11(13)10-16-6-4-12(5-7-16)3-1-2-8-17-12;1-2(3)5-4;1-2;/h11H,1-10H2;4H,1H3;2H,1H3;. The van der Waals surface area contributed by atoms with Crippen molar-refractivity contribution in [2.45, 2.75) is 57.0 Å². The molecule has 0 aromatic rings. The maximum absolute atomic E-state index is 12.8. The Morgan fingerprint density at radius 1 is 1.24 bits per heavy atom. The zero-order chi connectivity index (χ0) is 18.2. The van der Waals surface area contributed by atoms with Gasteiger partial charge in [0.1, 0.15) is 0 Å². The Balaban J connectivity index is 0.000000628. The molecule has 1 atom stereocenters. The summed E-state index contributed by atoms with van der Waals surface area (Å²) in [4.78, 5) is 14.7. The van der Waals surface area contributed by atoms with Gasteiger partial charge in [0.2, 0.25) is 0 Å². The fraction of sp³-hybridized carbons (Fsp3) is 0.938. The van der Waals surface area contributed by atoms with Gasteiger partial charge < -0.3 is 19.6 Å². The summed E-state index contributed by atoms with van der Waals surface area (Å²) in [6.45, 7) is 4.46. The Bertz CT molecular complexity index is 385. The van der Waals surface area contributed by atoms with Gasteiger partial charge in [-0.2, -0.15) is 5.26 Å². The van der Waals surface area contributed by atoms with Gasteiger partial charge in [0.05, 0.1) is 5.60 Å². The SMILES string of the molecule is CC(=O)OO.CO.FC1(F)CC1CN1CCC2(CCCCO2)CC1.[Ce]. The molecule has 3 aliphatic rings. The van der Waals surface area contributed by atoms with Crippen LogP contribution in [0, 0.1) is 47.7 Å². The second kappa shape index (κ2) is 12.1. The van der Waals surface area contributed by atoms with Crippen molar-refractivity contribution in [3.63, 3.8) is 0 Å². The van der Waals surface area contributed by atoms with Crippen LogP contribution in [0.15, 0.2) is 0 Å². The van der Waals surface area contributed by atoms with Crippen LogP contribution in [-0.4, -0.2) is 66.1 Å². The van der Waals surface area contributed by atoms with Gasteiger partial charge in [0, 0.05) is 94.4 Å². The van der Waals surface area contributed by atoms with E-state index in [-0.39, 0.29) is 59.7 Å². The predicted octanol–water partition coefficient (Wildman–Crippen LogP) is 2.31. The first-order chi connectivity index (χ1) is 11.4. The van der Waals surface area contributed by atoms with Crippen LogP contribution >= 0.6 is 0 Å². The number of nitrogens with zero attached hydrogens (tertiary/aromatic N) is 1. The number of rotatable bonds is 2. The van der Waals surface area contributed by atoms with Crippen molar-refractivity contribution in [3.8, 4) is 0 Å². The minimum atomic E-state index is -2.36. The summed E-state index contributed by atoms with van der Waals surface area (Å²) in [7, 11) is 1.00. The summed E-state index contributed by atoms with van der Waals surface area (Å²) in [6, 6.07) is 0. The topological polar surface area (TPSA) is 79.2 Å². The molecule has 1 spiro atoms. The molecule has 1 unspecified atom stereocenters. The van der Waals surface area contributed by atoms with Crippen molar-refractivity contribution in [2.24, 2.45) is 5.92 Å². The van der Waals surface area contributed by atoms with E-state index in [1.807, 2.05) is 0 Å². The van der Waals surface area contributed by atoms with E-state index in [0.29, 0.717) is 6.54 Å². The van der Waals surface area contributed by atoms with E-state index in [2.05, 4.69) is 9.79 Å². The summed E-state index contributed by atoms with van der Waals surface area (Å²) >= 11 is 0. The predicted molar refractivity (Wildman–Crippen MR) is 83.8 cm³/mol. The molecule has 3 fully saturated rings. The number of carbonyl (C=O) groups is 1. The number of likely N-dealkylation sites (tertiary alicyclic amines) is 1. The summed E-state index contributed by atoms with van der Waals surface area (Å²) in [6.07, 6.45) is 5.78. The van der Waals surface area contributed by atoms with E-state index in [1.165, 1.54) is 19.3 Å². The van der Waals surface area contributed by atoms with Crippen LogP contribution in [0.2, 0.25) is 0 Å². The molecule has 25 heavy (non-hydrogen) atoms. The van der Waals surface area contributed by atoms with Crippen LogP contribution in [0.25, 0.3) is 0 Å². The molecule has 146 valence electrons. The average Bonchev–Trinajstić information content (AvgIpc) is 3.19. The van der Waals surface area contributed by atoms with E-state index < -0.39 is 11.9 Å². The van der Waals surface area contributed by atoms with Crippen molar-refractivity contribution in [1.29, 1.82) is 0 Å². The first-order valence-electron chi connectivity index (χ1n) is 8.38. The molecule has 2 N–H and O–H groups in total. The Morgan fingerprint density at radius 3 is 2.12 bits per heavy atom. The average molecular weight is 494 g/mol. The second-order valence-corrected chi connectivity index (χ2v) is 6.53. The van der Waals surface area contributed by atoms with Crippen LogP contribution in [0.1, 0.15) is 45.4 Å². The van der Waals surface area contributed by atoms with Gasteiger partial charge in [-0.3, -0.25) is 0 Å². The molecule has 0 amide bonds. The number of hydrogen-bond donors (Lipinski definition) is 2. The second-order valence-electron chi connectivity index (χ2n) is 6.53. The Morgan fingerprint density at radius 2 is 1.76 bits per heavy atom.